The van der Waals surface area contributed by atoms with E-state index < -0.39 is 36.8 Å². The van der Waals surface area contributed by atoms with E-state index in [1.54, 1.807) is 0 Å². The molecule has 26 heavy (non-hydrogen) atoms. The molecule has 0 aromatic rings. The van der Waals surface area contributed by atoms with Crippen LogP contribution in [0.15, 0.2) is 0 Å². The van der Waals surface area contributed by atoms with E-state index in [9.17, 15) is 39.5 Å². The molecule has 0 rings (SSSR count). The summed E-state index contributed by atoms with van der Waals surface area (Å²) in [5.74, 6) is -18.7. The lowest BCUT2D eigenvalue weighted by atomic mass is 9.97. The summed E-state index contributed by atoms with van der Waals surface area (Å²) in [6.45, 7) is 2.10. The Morgan fingerprint density at radius 2 is 0.808 bits per heavy atom. The molecule has 0 unspecified atom stereocenters. The minimum atomic E-state index is -6.78. The lowest BCUT2D eigenvalue weighted by Crippen LogP contribution is -2.60. The summed E-state index contributed by atoms with van der Waals surface area (Å²) in [6.07, 6.45) is -0.306. The second-order valence-corrected chi connectivity index (χ2v) is 6.64. The molecule has 0 aliphatic carbocycles. The van der Waals surface area contributed by atoms with Gasteiger partial charge in [-0.05, 0) is 6.42 Å². The fourth-order valence-electron chi connectivity index (χ4n) is 2.58. The van der Waals surface area contributed by atoms with Gasteiger partial charge < -0.3 is 0 Å². The highest BCUT2D eigenvalue weighted by atomic mass is 19.4. The van der Waals surface area contributed by atoms with E-state index in [1.807, 2.05) is 0 Å². The van der Waals surface area contributed by atoms with Gasteiger partial charge >= 0.3 is 23.9 Å². The van der Waals surface area contributed by atoms with Gasteiger partial charge in [0.05, 0.1) is 0 Å². The van der Waals surface area contributed by atoms with E-state index in [1.165, 1.54) is 6.42 Å². The van der Waals surface area contributed by atoms with E-state index in [4.69, 9.17) is 0 Å². The van der Waals surface area contributed by atoms with Crippen molar-refractivity contribution >= 4 is 0 Å². The zero-order valence-electron chi connectivity index (χ0n) is 14.9. The van der Waals surface area contributed by atoms with Crippen LogP contribution < -0.4 is 0 Å². The van der Waals surface area contributed by atoms with Gasteiger partial charge in [-0.1, -0.05) is 71.1 Å². The first kappa shape index (κ1) is 25.4. The van der Waals surface area contributed by atoms with Crippen molar-refractivity contribution < 1.29 is 39.5 Å². The normalized spacial score (nSPS) is 14.1. The fourth-order valence-corrected chi connectivity index (χ4v) is 2.58. The number of unbranched alkanes of at least 4 members (excludes halogenated alkanes) is 10. The highest BCUT2D eigenvalue weighted by Crippen LogP contribution is 2.54. The second-order valence-electron chi connectivity index (χ2n) is 6.64. The van der Waals surface area contributed by atoms with Crippen LogP contribution in [0.5, 0.6) is 0 Å². The first-order valence-electron chi connectivity index (χ1n) is 9.01. The Morgan fingerprint density at radius 3 is 1.15 bits per heavy atom. The zero-order chi connectivity index (χ0) is 20.5. The molecule has 0 aliphatic rings. The molecule has 0 atom stereocenters. The Balaban J connectivity index is 4.11. The van der Waals surface area contributed by atoms with Crippen molar-refractivity contribution in [3.63, 3.8) is 0 Å². The van der Waals surface area contributed by atoms with Crippen LogP contribution in [0, 0.1) is 0 Å². The molecule has 0 bridgehead atoms. The SMILES string of the molecule is CCCCCCCCCCCCCC(F)(F)C(F)(F)C(F)(F)C(F)(F)F. The minimum Gasteiger partial charge on any atom is -0.200 e. The summed E-state index contributed by atoms with van der Waals surface area (Å²) in [5.41, 5.74) is 0. The summed E-state index contributed by atoms with van der Waals surface area (Å²) in [5, 5.41) is 0. The van der Waals surface area contributed by atoms with Crippen LogP contribution in [-0.4, -0.2) is 23.9 Å². The predicted octanol–water partition coefficient (Wildman–Crippen LogP) is 8.16. The van der Waals surface area contributed by atoms with E-state index in [0.717, 1.165) is 38.5 Å². The van der Waals surface area contributed by atoms with Gasteiger partial charge in [0.25, 0.3) is 0 Å². The van der Waals surface area contributed by atoms with Crippen molar-refractivity contribution in [3.05, 3.63) is 0 Å². The van der Waals surface area contributed by atoms with Crippen LogP contribution in [-0.2, 0) is 0 Å². The lowest BCUT2D eigenvalue weighted by molar-refractivity contribution is -0.396. The molecule has 0 nitrogen and oxygen atoms in total. The molecule has 9 heteroatoms. The quantitative estimate of drug-likeness (QED) is 0.203. The van der Waals surface area contributed by atoms with Crippen LogP contribution in [0.1, 0.15) is 84.0 Å². The molecule has 0 amide bonds. The summed E-state index contributed by atoms with van der Waals surface area (Å²) in [6, 6.07) is 0. The highest BCUT2D eigenvalue weighted by Gasteiger charge is 2.81. The molecule has 0 spiro atoms. The van der Waals surface area contributed by atoms with Gasteiger partial charge in [0, 0.05) is 6.42 Å². The summed E-state index contributed by atoms with van der Waals surface area (Å²) in [7, 11) is 0. The lowest BCUT2D eigenvalue weighted by Gasteiger charge is -2.33. The zero-order valence-corrected chi connectivity index (χ0v) is 14.9. The molecule has 0 aromatic heterocycles. The standard InChI is InChI=1S/C17H27F9/c1-2-3-4-5-6-7-8-9-10-11-12-13-14(18,19)15(20,21)16(22,23)17(24,25)26/h2-13H2,1H3. The largest absolute Gasteiger partial charge is 0.460 e. The Labute approximate surface area is 148 Å². The van der Waals surface area contributed by atoms with Gasteiger partial charge in [0.1, 0.15) is 0 Å². The van der Waals surface area contributed by atoms with E-state index in [-0.39, 0.29) is 6.42 Å². The third-order valence-electron chi connectivity index (χ3n) is 4.30. The number of alkyl halides is 9. The first-order chi connectivity index (χ1) is 11.8. The Kier molecular flexibility index (Phi) is 10.4. The van der Waals surface area contributed by atoms with Crippen molar-refractivity contribution in [2.45, 2.75) is 108 Å². The van der Waals surface area contributed by atoms with Gasteiger partial charge in [-0.15, -0.1) is 0 Å². The smallest absolute Gasteiger partial charge is 0.200 e. The molecule has 0 heterocycles. The molecule has 158 valence electrons. The van der Waals surface area contributed by atoms with Crippen molar-refractivity contribution in [2.24, 2.45) is 0 Å². The van der Waals surface area contributed by atoms with Gasteiger partial charge in [-0.3, -0.25) is 0 Å². The van der Waals surface area contributed by atoms with Crippen molar-refractivity contribution in [3.8, 4) is 0 Å². The molecule has 0 fully saturated rings. The summed E-state index contributed by atoms with van der Waals surface area (Å²) >= 11 is 0. The number of rotatable bonds is 14. The first-order valence-corrected chi connectivity index (χ1v) is 9.01. The van der Waals surface area contributed by atoms with Crippen LogP contribution in [0.25, 0.3) is 0 Å². The molecule has 0 saturated heterocycles. The maximum atomic E-state index is 13.3. The molecular weight excluding hydrogens is 375 g/mol. The van der Waals surface area contributed by atoms with E-state index >= 15 is 0 Å². The van der Waals surface area contributed by atoms with Crippen molar-refractivity contribution in [1.29, 1.82) is 0 Å². The van der Waals surface area contributed by atoms with Crippen molar-refractivity contribution in [1.82, 2.24) is 0 Å². The van der Waals surface area contributed by atoms with E-state index in [0.29, 0.717) is 12.8 Å². The molecule has 0 saturated carbocycles. The van der Waals surface area contributed by atoms with E-state index in [2.05, 4.69) is 6.92 Å². The van der Waals surface area contributed by atoms with Crippen LogP contribution in [0.2, 0.25) is 0 Å². The monoisotopic (exact) mass is 402 g/mol. The molecule has 0 aliphatic heterocycles. The van der Waals surface area contributed by atoms with Gasteiger partial charge in [-0.25, -0.2) is 0 Å². The Bertz CT molecular complexity index is 375. The third kappa shape index (κ3) is 7.18. The summed E-state index contributed by atoms with van der Waals surface area (Å²) in [4.78, 5) is 0. The van der Waals surface area contributed by atoms with Crippen LogP contribution in [0.4, 0.5) is 39.5 Å². The van der Waals surface area contributed by atoms with Gasteiger partial charge in [0.15, 0.2) is 0 Å². The number of hydrogen-bond donors (Lipinski definition) is 0. The average molecular weight is 402 g/mol. The number of hydrogen-bond acceptors (Lipinski definition) is 0. The molecular formula is C17H27F9. The molecule has 0 aromatic carbocycles. The van der Waals surface area contributed by atoms with Crippen LogP contribution in [0.3, 0.4) is 0 Å². The maximum absolute atomic E-state index is 13.3. The van der Waals surface area contributed by atoms with Crippen LogP contribution >= 0.6 is 0 Å². The Hall–Kier alpha value is -0.630. The maximum Gasteiger partial charge on any atom is 0.460 e. The average Bonchev–Trinajstić information content (AvgIpc) is 2.51. The minimum absolute atomic E-state index is 0.0824. The molecule has 0 N–H and O–H groups in total. The topological polar surface area (TPSA) is 0 Å². The van der Waals surface area contributed by atoms with Crippen molar-refractivity contribution in [2.75, 3.05) is 0 Å². The number of halogens is 9. The highest BCUT2D eigenvalue weighted by molar-refractivity contribution is 5.00. The molecule has 0 radical (unpaired) electrons. The fraction of sp³-hybridized carbons (Fsp3) is 1.00. The predicted molar refractivity (Wildman–Crippen MR) is 82.0 cm³/mol. The summed E-state index contributed by atoms with van der Waals surface area (Å²) < 4.78 is 114. The van der Waals surface area contributed by atoms with Gasteiger partial charge in [0.2, 0.25) is 0 Å². The van der Waals surface area contributed by atoms with Gasteiger partial charge in [-0.2, -0.15) is 39.5 Å². The Morgan fingerprint density at radius 1 is 0.462 bits per heavy atom. The third-order valence-corrected chi connectivity index (χ3v) is 4.30. The second kappa shape index (κ2) is 10.6.